The summed E-state index contributed by atoms with van der Waals surface area (Å²) in [5.74, 6) is 1.74. The first-order valence-corrected chi connectivity index (χ1v) is 8.43. The van der Waals surface area contributed by atoms with Crippen LogP contribution in [0.2, 0.25) is 0 Å². The van der Waals surface area contributed by atoms with Crippen molar-refractivity contribution in [2.24, 2.45) is 11.3 Å². The average Bonchev–Trinajstić information content (AvgIpc) is 2.83. The molecular weight excluding hydrogens is 258 g/mol. The summed E-state index contributed by atoms with van der Waals surface area (Å²) in [6.45, 7) is 8.24. The number of rotatable bonds is 7. The van der Waals surface area contributed by atoms with Crippen molar-refractivity contribution >= 4 is 0 Å². The van der Waals surface area contributed by atoms with Crippen LogP contribution in [0, 0.1) is 11.3 Å². The van der Waals surface area contributed by atoms with Crippen LogP contribution in [-0.2, 0) is 6.42 Å². The number of hydrogen-bond donors (Lipinski definition) is 1. The van der Waals surface area contributed by atoms with E-state index >= 15 is 0 Å². The Bertz CT molecular complexity index is 441. The van der Waals surface area contributed by atoms with Crippen molar-refractivity contribution in [3.05, 3.63) is 29.8 Å². The van der Waals surface area contributed by atoms with Gasteiger partial charge in [0.05, 0.1) is 7.11 Å². The van der Waals surface area contributed by atoms with Gasteiger partial charge < -0.3 is 10.1 Å². The molecule has 1 fully saturated rings. The summed E-state index contributed by atoms with van der Waals surface area (Å²) in [6, 6.07) is 9.12. The standard InChI is InChI=1S/C19H31NO/c1-5-12-20-18(17-10-7-11-19(17,2)3)14-15-8-6-9-16(13-15)21-4/h6,8-9,13,17-18,20H,5,7,10-12,14H2,1-4H3. The molecule has 1 aliphatic carbocycles. The summed E-state index contributed by atoms with van der Waals surface area (Å²) in [5.41, 5.74) is 1.84. The van der Waals surface area contributed by atoms with Gasteiger partial charge in [0.2, 0.25) is 0 Å². The minimum atomic E-state index is 0.463. The molecule has 0 radical (unpaired) electrons. The van der Waals surface area contributed by atoms with E-state index in [1.54, 1.807) is 7.11 Å². The predicted octanol–water partition coefficient (Wildman–Crippen LogP) is 4.43. The highest BCUT2D eigenvalue weighted by atomic mass is 16.5. The lowest BCUT2D eigenvalue weighted by molar-refractivity contribution is 0.195. The summed E-state index contributed by atoms with van der Waals surface area (Å²) in [4.78, 5) is 0. The van der Waals surface area contributed by atoms with Crippen LogP contribution in [-0.4, -0.2) is 19.7 Å². The van der Waals surface area contributed by atoms with E-state index in [0.29, 0.717) is 11.5 Å². The molecule has 1 N–H and O–H groups in total. The molecule has 2 rings (SSSR count). The zero-order chi connectivity index (χ0) is 15.3. The minimum Gasteiger partial charge on any atom is -0.497 e. The molecule has 2 atom stereocenters. The summed E-state index contributed by atoms with van der Waals surface area (Å²) < 4.78 is 5.36. The van der Waals surface area contributed by atoms with E-state index in [0.717, 1.165) is 24.6 Å². The summed E-state index contributed by atoms with van der Waals surface area (Å²) in [7, 11) is 1.74. The molecule has 0 bridgehead atoms. The Morgan fingerprint density at radius 2 is 2.19 bits per heavy atom. The van der Waals surface area contributed by atoms with Gasteiger partial charge in [-0.05, 0) is 61.3 Å². The maximum atomic E-state index is 5.36. The zero-order valence-corrected chi connectivity index (χ0v) is 14.1. The summed E-state index contributed by atoms with van der Waals surface area (Å²) >= 11 is 0. The molecule has 1 aromatic carbocycles. The quantitative estimate of drug-likeness (QED) is 0.801. The maximum Gasteiger partial charge on any atom is 0.119 e. The molecule has 0 spiro atoms. The predicted molar refractivity (Wildman–Crippen MR) is 89.9 cm³/mol. The lowest BCUT2D eigenvalue weighted by Gasteiger charge is -2.35. The lowest BCUT2D eigenvalue weighted by Crippen LogP contribution is -2.42. The van der Waals surface area contributed by atoms with E-state index in [2.05, 4.69) is 44.3 Å². The lowest BCUT2D eigenvalue weighted by atomic mass is 9.76. The molecule has 21 heavy (non-hydrogen) atoms. The van der Waals surface area contributed by atoms with Crippen LogP contribution in [0.25, 0.3) is 0 Å². The third kappa shape index (κ3) is 4.23. The molecule has 0 amide bonds. The monoisotopic (exact) mass is 289 g/mol. The highest BCUT2D eigenvalue weighted by Gasteiger charge is 2.39. The van der Waals surface area contributed by atoms with Gasteiger partial charge in [0, 0.05) is 6.04 Å². The van der Waals surface area contributed by atoms with Crippen LogP contribution in [0.3, 0.4) is 0 Å². The molecule has 2 unspecified atom stereocenters. The van der Waals surface area contributed by atoms with Crippen LogP contribution in [0.15, 0.2) is 24.3 Å². The van der Waals surface area contributed by atoms with Crippen molar-refractivity contribution < 1.29 is 4.74 Å². The number of benzene rings is 1. The van der Waals surface area contributed by atoms with Gasteiger partial charge in [-0.3, -0.25) is 0 Å². The number of nitrogens with one attached hydrogen (secondary N) is 1. The van der Waals surface area contributed by atoms with Crippen molar-refractivity contribution in [2.45, 2.75) is 58.9 Å². The normalized spacial score (nSPS) is 22.2. The Morgan fingerprint density at radius 1 is 1.38 bits per heavy atom. The van der Waals surface area contributed by atoms with Crippen molar-refractivity contribution in [1.82, 2.24) is 5.32 Å². The Morgan fingerprint density at radius 3 is 2.81 bits per heavy atom. The summed E-state index contributed by atoms with van der Waals surface area (Å²) in [5, 5.41) is 3.81. The number of methoxy groups -OCH3 is 1. The second-order valence-electron chi connectivity index (χ2n) is 7.10. The van der Waals surface area contributed by atoms with E-state index in [-0.39, 0.29) is 0 Å². The largest absolute Gasteiger partial charge is 0.497 e. The van der Waals surface area contributed by atoms with Gasteiger partial charge in [-0.25, -0.2) is 0 Å². The molecule has 1 aromatic rings. The number of hydrogen-bond acceptors (Lipinski definition) is 2. The van der Waals surface area contributed by atoms with Gasteiger partial charge in [-0.1, -0.05) is 39.3 Å². The van der Waals surface area contributed by atoms with E-state index in [1.807, 2.05) is 6.07 Å². The SMILES string of the molecule is CCCNC(Cc1cccc(OC)c1)C1CCCC1(C)C. The van der Waals surface area contributed by atoms with Gasteiger partial charge in [-0.2, -0.15) is 0 Å². The van der Waals surface area contributed by atoms with Crippen LogP contribution in [0.4, 0.5) is 0 Å². The third-order valence-electron chi connectivity index (χ3n) is 5.07. The molecule has 2 nitrogen and oxygen atoms in total. The van der Waals surface area contributed by atoms with Crippen molar-refractivity contribution in [2.75, 3.05) is 13.7 Å². The fourth-order valence-corrected chi connectivity index (χ4v) is 3.84. The fourth-order valence-electron chi connectivity index (χ4n) is 3.84. The van der Waals surface area contributed by atoms with Gasteiger partial charge >= 0.3 is 0 Å². The Balaban J connectivity index is 2.12. The van der Waals surface area contributed by atoms with Crippen LogP contribution in [0.1, 0.15) is 52.0 Å². The second-order valence-corrected chi connectivity index (χ2v) is 7.10. The van der Waals surface area contributed by atoms with Gasteiger partial charge in [0.25, 0.3) is 0 Å². The summed E-state index contributed by atoms with van der Waals surface area (Å²) in [6.07, 6.45) is 6.39. The first-order valence-electron chi connectivity index (χ1n) is 8.43. The Kier molecular flexibility index (Phi) is 5.69. The molecule has 0 aromatic heterocycles. The molecule has 1 aliphatic rings. The average molecular weight is 289 g/mol. The molecule has 118 valence electrons. The zero-order valence-electron chi connectivity index (χ0n) is 14.1. The first-order chi connectivity index (χ1) is 10.1. The molecular formula is C19H31NO. The fraction of sp³-hybridized carbons (Fsp3) is 0.684. The van der Waals surface area contributed by atoms with Gasteiger partial charge in [0.1, 0.15) is 5.75 Å². The Labute approximate surface area is 130 Å². The van der Waals surface area contributed by atoms with Crippen LogP contribution < -0.4 is 10.1 Å². The van der Waals surface area contributed by atoms with Crippen LogP contribution >= 0.6 is 0 Å². The van der Waals surface area contributed by atoms with Crippen molar-refractivity contribution in [3.63, 3.8) is 0 Å². The Hall–Kier alpha value is -1.02. The molecule has 1 saturated carbocycles. The van der Waals surface area contributed by atoms with Crippen molar-refractivity contribution in [3.8, 4) is 5.75 Å². The van der Waals surface area contributed by atoms with Gasteiger partial charge in [0.15, 0.2) is 0 Å². The van der Waals surface area contributed by atoms with Crippen LogP contribution in [0.5, 0.6) is 5.75 Å². The molecule has 2 heteroatoms. The smallest absolute Gasteiger partial charge is 0.119 e. The molecule has 0 heterocycles. The highest BCUT2D eigenvalue weighted by Crippen LogP contribution is 2.45. The van der Waals surface area contributed by atoms with E-state index in [4.69, 9.17) is 4.74 Å². The molecule has 0 aliphatic heterocycles. The van der Waals surface area contributed by atoms with E-state index in [9.17, 15) is 0 Å². The second kappa shape index (κ2) is 7.31. The first kappa shape index (κ1) is 16.4. The highest BCUT2D eigenvalue weighted by molar-refractivity contribution is 5.29. The van der Waals surface area contributed by atoms with Gasteiger partial charge in [-0.15, -0.1) is 0 Å². The topological polar surface area (TPSA) is 21.3 Å². The maximum absolute atomic E-state index is 5.36. The van der Waals surface area contributed by atoms with E-state index in [1.165, 1.54) is 31.2 Å². The van der Waals surface area contributed by atoms with E-state index < -0.39 is 0 Å². The van der Waals surface area contributed by atoms with Crippen molar-refractivity contribution in [1.29, 1.82) is 0 Å². The molecule has 0 saturated heterocycles. The third-order valence-corrected chi connectivity index (χ3v) is 5.07. The minimum absolute atomic E-state index is 0.463. The number of ether oxygens (including phenoxy) is 1.